The molecule has 1 aromatic rings. The Morgan fingerprint density at radius 3 is 2.33 bits per heavy atom. The van der Waals surface area contributed by atoms with Gasteiger partial charge in [0.2, 0.25) is 0 Å². The van der Waals surface area contributed by atoms with E-state index in [2.05, 4.69) is 36.2 Å². The highest BCUT2D eigenvalue weighted by molar-refractivity contribution is 5.58. The lowest BCUT2D eigenvalue weighted by molar-refractivity contribution is 0.603. The first-order valence-corrected chi connectivity index (χ1v) is 7.49. The molecule has 0 aromatic carbocycles. The third kappa shape index (κ3) is 4.16. The van der Waals surface area contributed by atoms with Crippen molar-refractivity contribution in [1.29, 1.82) is 10.5 Å². The normalized spacial score (nSPS) is 10.2. The standard InChI is InChI=1S/C16H23N5/c1-5-13-14(10-18)16(20-19-15(13)6-2)21(9-7-8-17)11-12(3)4/h12H,5-7,9,11H2,1-4H3. The van der Waals surface area contributed by atoms with Crippen molar-refractivity contribution in [2.75, 3.05) is 18.0 Å². The van der Waals surface area contributed by atoms with Crippen LogP contribution in [0, 0.1) is 28.6 Å². The Labute approximate surface area is 127 Å². The van der Waals surface area contributed by atoms with Crippen LogP contribution in [0.25, 0.3) is 0 Å². The summed E-state index contributed by atoms with van der Waals surface area (Å²) in [6.07, 6.45) is 1.95. The van der Waals surface area contributed by atoms with Crippen molar-refractivity contribution in [1.82, 2.24) is 10.2 Å². The number of aromatic nitrogens is 2. The van der Waals surface area contributed by atoms with E-state index in [1.807, 2.05) is 18.7 Å². The van der Waals surface area contributed by atoms with Gasteiger partial charge in [0.15, 0.2) is 5.82 Å². The molecular weight excluding hydrogens is 262 g/mol. The minimum Gasteiger partial charge on any atom is -0.353 e. The average Bonchev–Trinajstić information content (AvgIpc) is 2.49. The molecular formula is C16H23N5. The summed E-state index contributed by atoms with van der Waals surface area (Å²) in [7, 11) is 0. The zero-order valence-electron chi connectivity index (χ0n) is 13.3. The van der Waals surface area contributed by atoms with Crippen molar-refractivity contribution in [3.8, 4) is 12.1 Å². The van der Waals surface area contributed by atoms with Gasteiger partial charge < -0.3 is 4.90 Å². The first-order chi connectivity index (χ1) is 10.1. The molecule has 0 spiro atoms. The van der Waals surface area contributed by atoms with Gasteiger partial charge in [0.25, 0.3) is 0 Å². The average molecular weight is 285 g/mol. The molecule has 0 fully saturated rings. The molecule has 0 N–H and O–H groups in total. The molecule has 21 heavy (non-hydrogen) atoms. The van der Waals surface area contributed by atoms with Gasteiger partial charge in [-0.15, -0.1) is 5.10 Å². The fourth-order valence-electron chi connectivity index (χ4n) is 2.41. The van der Waals surface area contributed by atoms with E-state index in [0.717, 1.165) is 30.6 Å². The number of hydrogen-bond acceptors (Lipinski definition) is 5. The number of rotatable bonds is 7. The summed E-state index contributed by atoms with van der Waals surface area (Å²) < 4.78 is 0. The van der Waals surface area contributed by atoms with Crippen LogP contribution in [0.5, 0.6) is 0 Å². The third-order valence-corrected chi connectivity index (χ3v) is 3.32. The molecule has 0 saturated heterocycles. The van der Waals surface area contributed by atoms with Gasteiger partial charge >= 0.3 is 0 Å². The van der Waals surface area contributed by atoms with E-state index < -0.39 is 0 Å². The summed E-state index contributed by atoms with van der Waals surface area (Å²) >= 11 is 0. The molecule has 5 nitrogen and oxygen atoms in total. The molecule has 0 saturated carbocycles. The molecule has 0 bridgehead atoms. The van der Waals surface area contributed by atoms with Gasteiger partial charge in [-0.25, -0.2) is 0 Å². The Kier molecular flexibility index (Phi) is 6.62. The quantitative estimate of drug-likeness (QED) is 0.770. The highest BCUT2D eigenvalue weighted by atomic mass is 15.3. The van der Waals surface area contributed by atoms with Crippen molar-refractivity contribution >= 4 is 5.82 Å². The van der Waals surface area contributed by atoms with Crippen LogP contribution >= 0.6 is 0 Å². The number of nitriles is 2. The Morgan fingerprint density at radius 2 is 1.86 bits per heavy atom. The molecule has 0 radical (unpaired) electrons. The maximum Gasteiger partial charge on any atom is 0.169 e. The van der Waals surface area contributed by atoms with Gasteiger partial charge in [0.05, 0.1) is 18.2 Å². The smallest absolute Gasteiger partial charge is 0.169 e. The van der Waals surface area contributed by atoms with Gasteiger partial charge in [-0.3, -0.25) is 0 Å². The Bertz CT molecular complexity index is 551. The van der Waals surface area contributed by atoms with Crippen LogP contribution in [0.2, 0.25) is 0 Å². The van der Waals surface area contributed by atoms with E-state index >= 15 is 0 Å². The molecule has 0 aliphatic heterocycles. The molecule has 0 unspecified atom stereocenters. The SMILES string of the molecule is CCc1nnc(N(CCC#N)CC(C)C)c(C#N)c1CC. The summed E-state index contributed by atoms with van der Waals surface area (Å²) in [6.45, 7) is 9.61. The van der Waals surface area contributed by atoms with Crippen LogP contribution < -0.4 is 4.90 Å². The topological polar surface area (TPSA) is 76.6 Å². The minimum absolute atomic E-state index is 0.413. The first-order valence-electron chi connectivity index (χ1n) is 7.49. The van der Waals surface area contributed by atoms with E-state index in [1.54, 1.807) is 0 Å². The summed E-state index contributed by atoms with van der Waals surface area (Å²) in [6, 6.07) is 4.45. The van der Waals surface area contributed by atoms with Crippen molar-refractivity contribution < 1.29 is 0 Å². The van der Waals surface area contributed by atoms with Crippen molar-refractivity contribution in [3.05, 3.63) is 16.8 Å². The Morgan fingerprint density at radius 1 is 1.14 bits per heavy atom. The molecule has 0 amide bonds. The van der Waals surface area contributed by atoms with E-state index in [1.165, 1.54) is 0 Å². The number of aryl methyl sites for hydroxylation is 1. The second kappa shape index (κ2) is 8.21. The van der Waals surface area contributed by atoms with E-state index in [9.17, 15) is 5.26 Å². The highest BCUT2D eigenvalue weighted by Gasteiger charge is 2.19. The maximum absolute atomic E-state index is 9.55. The van der Waals surface area contributed by atoms with Gasteiger partial charge in [-0.05, 0) is 24.3 Å². The largest absolute Gasteiger partial charge is 0.353 e. The van der Waals surface area contributed by atoms with Gasteiger partial charge in [0, 0.05) is 13.1 Å². The van der Waals surface area contributed by atoms with Crippen molar-refractivity contribution in [2.45, 2.75) is 47.0 Å². The molecule has 0 aliphatic rings. The van der Waals surface area contributed by atoms with Gasteiger partial charge in [-0.2, -0.15) is 15.6 Å². The molecule has 1 aromatic heterocycles. The molecule has 0 atom stereocenters. The lowest BCUT2D eigenvalue weighted by atomic mass is 10.0. The third-order valence-electron chi connectivity index (χ3n) is 3.32. The van der Waals surface area contributed by atoms with E-state index in [4.69, 9.17) is 5.26 Å². The second-order valence-corrected chi connectivity index (χ2v) is 5.39. The fraction of sp³-hybridized carbons (Fsp3) is 0.625. The molecule has 112 valence electrons. The fourth-order valence-corrected chi connectivity index (χ4v) is 2.41. The lowest BCUT2D eigenvalue weighted by Crippen LogP contribution is -2.31. The van der Waals surface area contributed by atoms with Crippen LogP contribution in [0.4, 0.5) is 5.82 Å². The predicted molar refractivity (Wildman–Crippen MR) is 82.8 cm³/mol. The molecule has 5 heteroatoms. The monoisotopic (exact) mass is 285 g/mol. The summed E-state index contributed by atoms with van der Waals surface area (Å²) in [4.78, 5) is 2.01. The lowest BCUT2D eigenvalue weighted by Gasteiger charge is -2.26. The van der Waals surface area contributed by atoms with Crippen LogP contribution in [0.3, 0.4) is 0 Å². The highest BCUT2D eigenvalue weighted by Crippen LogP contribution is 2.24. The summed E-state index contributed by atoms with van der Waals surface area (Å²) in [5.41, 5.74) is 2.49. The van der Waals surface area contributed by atoms with E-state index in [0.29, 0.717) is 30.3 Å². The zero-order valence-corrected chi connectivity index (χ0v) is 13.3. The first kappa shape index (κ1) is 16.9. The molecule has 0 aliphatic carbocycles. The van der Waals surface area contributed by atoms with Crippen LogP contribution in [-0.4, -0.2) is 23.3 Å². The Hall–Kier alpha value is -2.14. The summed E-state index contributed by atoms with van der Waals surface area (Å²) in [5, 5.41) is 26.9. The molecule has 1 heterocycles. The minimum atomic E-state index is 0.413. The number of anilines is 1. The molecule has 1 rings (SSSR count). The van der Waals surface area contributed by atoms with Crippen molar-refractivity contribution in [2.24, 2.45) is 5.92 Å². The zero-order chi connectivity index (χ0) is 15.8. The van der Waals surface area contributed by atoms with Crippen LogP contribution in [-0.2, 0) is 12.8 Å². The maximum atomic E-state index is 9.55. The number of hydrogen-bond donors (Lipinski definition) is 0. The van der Waals surface area contributed by atoms with Crippen LogP contribution in [0.15, 0.2) is 0 Å². The van der Waals surface area contributed by atoms with Crippen molar-refractivity contribution in [3.63, 3.8) is 0 Å². The van der Waals surface area contributed by atoms with E-state index in [-0.39, 0.29) is 0 Å². The Balaban J connectivity index is 3.30. The van der Waals surface area contributed by atoms with Gasteiger partial charge in [0.1, 0.15) is 11.6 Å². The van der Waals surface area contributed by atoms with Crippen LogP contribution in [0.1, 0.15) is 50.9 Å². The predicted octanol–water partition coefficient (Wildman–Crippen LogP) is 2.85. The summed E-state index contributed by atoms with van der Waals surface area (Å²) in [5.74, 6) is 1.04. The number of nitrogens with zero attached hydrogens (tertiary/aromatic N) is 5. The van der Waals surface area contributed by atoms with Gasteiger partial charge in [-0.1, -0.05) is 27.7 Å². The second-order valence-electron chi connectivity index (χ2n) is 5.39.